The lowest BCUT2D eigenvalue weighted by atomic mass is 10.1. The van der Waals surface area contributed by atoms with Crippen LogP contribution in [0, 0.1) is 21.4 Å². The van der Waals surface area contributed by atoms with E-state index in [4.69, 9.17) is 5.26 Å². The summed E-state index contributed by atoms with van der Waals surface area (Å²) < 4.78 is 0. The topological polar surface area (TPSA) is 129 Å². The van der Waals surface area contributed by atoms with Crippen LogP contribution >= 0.6 is 0 Å². The molecule has 8 heteroatoms. The van der Waals surface area contributed by atoms with E-state index in [1.807, 2.05) is 0 Å². The SMILES string of the molecule is N#Cc1cc([N+](=O)[O-])ccc1NC(=O)c1ccc(=O)[nH]c1. The third kappa shape index (κ3) is 3.10. The lowest BCUT2D eigenvalue weighted by molar-refractivity contribution is -0.384. The molecule has 2 N–H and O–H groups in total. The van der Waals surface area contributed by atoms with Gasteiger partial charge in [-0.25, -0.2) is 0 Å². The third-order valence-electron chi connectivity index (χ3n) is 2.63. The number of H-pyrrole nitrogens is 1. The largest absolute Gasteiger partial charge is 0.328 e. The molecule has 1 amide bonds. The van der Waals surface area contributed by atoms with Gasteiger partial charge in [0.25, 0.3) is 11.6 Å². The predicted octanol–water partition coefficient (Wildman–Crippen LogP) is 1.41. The van der Waals surface area contributed by atoms with E-state index < -0.39 is 10.8 Å². The molecule has 0 aliphatic carbocycles. The van der Waals surface area contributed by atoms with Crippen LogP contribution in [0.1, 0.15) is 15.9 Å². The van der Waals surface area contributed by atoms with Gasteiger partial charge in [0.15, 0.2) is 0 Å². The quantitative estimate of drug-likeness (QED) is 0.650. The van der Waals surface area contributed by atoms with Crippen molar-refractivity contribution < 1.29 is 9.72 Å². The molecule has 0 bridgehead atoms. The number of nitro benzene ring substituents is 1. The van der Waals surface area contributed by atoms with E-state index in [0.29, 0.717) is 0 Å². The van der Waals surface area contributed by atoms with Crippen LogP contribution in [0.2, 0.25) is 0 Å². The Bertz CT molecular complexity index is 799. The number of pyridine rings is 1. The number of nitriles is 1. The number of non-ortho nitro benzene ring substituents is 1. The fourth-order valence-corrected chi connectivity index (χ4v) is 1.59. The number of amides is 1. The minimum Gasteiger partial charge on any atom is -0.328 e. The van der Waals surface area contributed by atoms with Crippen LogP contribution in [0.5, 0.6) is 0 Å². The zero-order valence-corrected chi connectivity index (χ0v) is 10.5. The van der Waals surface area contributed by atoms with Gasteiger partial charge >= 0.3 is 0 Å². The first-order valence-corrected chi connectivity index (χ1v) is 5.70. The Kier molecular flexibility index (Phi) is 3.76. The van der Waals surface area contributed by atoms with Crippen LogP contribution in [0.15, 0.2) is 41.3 Å². The van der Waals surface area contributed by atoms with Crippen molar-refractivity contribution >= 4 is 17.3 Å². The van der Waals surface area contributed by atoms with Crippen LogP contribution in [-0.4, -0.2) is 15.8 Å². The maximum atomic E-state index is 11.9. The Morgan fingerprint density at radius 2 is 2.10 bits per heavy atom. The number of aromatic nitrogens is 1. The number of carbonyl (C=O) groups is 1. The van der Waals surface area contributed by atoms with E-state index >= 15 is 0 Å². The summed E-state index contributed by atoms with van der Waals surface area (Å²) in [7, 11) is 0. The number of anilines is 1. The number of nitrogens with zero attached hydrogens (tertiary/aromatic N) is 2. The number of aromatic amines is 1. The van der Waals surface area contributed by atoms with Gasteiger partial charge in [-0.3, -0.25) is 19.7 Å². The number of rotatable bonds is 3. The summed E-state index contributed by atoms with van der Waals surface area (Å²) in [5, 5.41) is 22.1. The smallest absolute Gasteiger partial charge is 0.270 e. The Balaban J connectivity index is 2.29. The molecule has 104 valence electrons. The first kappa shape index (κ1) is 14.0. The van der Waals surface area contributed by atoms with Gasteiger partial charge in [0.2, 0.25) is 5.56 Å². The summed E-state index contributed by atoms with van der Waals surface area (Å²) in [5.41, 5.74) is -0.272. The number of hydrogen-bond donors (Lipinski definition) is 2. The minimum atomic E-state index is -0.631. The van der Waals surface area contributed by atoms with Crippen molar-refractivity contribution in [2.45, 2.75) is 0 Å². The van der Waals surface area contributed by atoms with E-state index in [9.17, 15) is 19.7 Å². The number of benzene rings is 1. The van der Waals surface area contributed by atoms with Crippen molar-refractivity contribution in [1.29, 1.82) is 5.26 Å². The Morgan fingerprint density at radius 1 is 1.33 bits per heavy atom. The van der Waals surface area contributed by atoms with E-state index in [1.54, 1.807) is 6.07 Å². The molecule has 0 fully saturated rings. The molecule has 0 atom stereocenters. The summed E-state index contributed by atoms with van der Waals surface area (Å²) >= 11 is 0. The predicted molar refractivity (Wildman–Crippen MR) is 72.8 cm³/mol. The van der Waals surface area contributed by atoms with Crippen molar-refractivity contribution in [2.24, 2.45) is 0 Å². The molecule has 0 aliphatic rings. The molecule has 0 saturated carbocycles. The zero-order chi connectivity index (χ0) is 15.4. The molecule has 0 saturated heterocycles. The molecule has 1 aromatic carbocycles. The molecule has 0 spiro atoms. The van der Waals surface area contributed by atoms with Gasteiger partial charge in [-0.15, -0.1) is 0 Å². The second kappa shape index (κ2) is 5.66. The molecular weight excluding hydrogens is 276 g/mol. The molecule has 0 unspecified atom stereocenters. The maximum absolute atomic E-state index is 11.9. The van der Waals surface area contributed by atoms with E-state index in [0.717, 1.165) is 6.07 Å². The van der Waals surface area contributed by atoms with Gasteiger partial charge in [0.1, 0.15) is 6.07 Å². The van der Waals surface area contributed by atoms with Gasteiger partial charge in [0.05, 0.1) is 21.7 Å². The van der Waals surface area contributed by atoms with Crippen LogP contribution in [-0.2, 0) is 0 Å². The maximum Gasteiger partial charge on any atom is 0.270 e. The molecule has 8 nitrogen and oxygen atoms in total. The van der Waals surface area contributed by atoms with Gasteiger partial charge in [-0.05, 0) is 12.1 Å². The second-order valence-corrected chi connectivity index (χ2v) is 3.99. The summed E-state index contributed by atoms with van der Waals surface area (Å²) in [5.74, 6) is -0.545. The van der Waals surface area contributed by atoms with Gasteiger partial charge in [0, 0.05) is 24.4 Å². The molecule has 1 aromatic heterocycles. The molecule has 2 rings (SSSR count). The van der Waals surface area contributed by atoms with E-state index in [-0.39, 0.29) is 28.1 Å². The monoisotopic (exact) mass is 284 g/mol. The fourth-order valence-electron chi connectivity index (χ4n) is 1.59. The first-order valence-electron chi connectivity index (χ1n) is 5.70. The highest BCUT2D eigenvalue weighted by Gasteiger charge is 2.13. The average Bonchev–Trinajstić information content (AvgIpc) is 2.48. The number of hydrogen-bond acceptors (Lipinski definition) is 5. The highest BCUT2D eigenvalue weighted by molar-refractivity contribution is 6.04. The standard InChI is InChI=1S/C13H8N4O4/c14-6-9-5-10(17(20)21)2-3-11(9)16-13(19)8-1-4-12(18)15-7-8/h1-5,7H,(H,15,18)(H,16,19). The minimum absolute atomic E-state index is 0.0259. The van der Waals surface area contributed by atoms with Crippen molar-refractivity contribution in [2.75, 3.05) is 5.32 Å². The van der Waals surface area contributed by atoms with Crippen molar-refractivity contribution in [1.82, 2.24) is 4.98 Å². The van der Waals surface area contributed by atoms with Crippen LogP contribution in [0.3, 0.4) is 0 Å². The van der Waals surface area contributed by atoms with E-state index in [1.165, 1.54) is 30.5 Å². The Labute approximate surface area is 117 Å². The van der Waals surface area contributed by atoms with Crippen molar-refractivity contribution in [3.05, 3.63) is 68.1 Å². The second-order valence-electron chi connectivity index (χ2n) is 3.99. The average molecular weight is 284 g/mol. The van der Waals surface area contributed by atoms with Crippen molar-refractivity contribution in [3.63, 3.8) is 0 Å². The lowest BCUT2D eigenvalue weighted by Gasteiger charge is -2.06. The molecule has 0 aliphatic heterocycles. The fraction of sp³-hybridized carbons (Fsp3) is 0. The number of carbonyl (C=O) groups excluding carboxylic acids is 1. The number of nitro groups is 1. The number of nitrogens with one attached hydrogen (secondary N) is 2. The summed E-state index contributed by atoms with van der Waals surface area (Å²) in [6.07, 6.45) is 1.23. The normalized spacial score (nSPS) is 9.67. The van der Waals surface area contributed by atoms with Crippen molar-refractivity contribution in [3.8, 4) is 6.07 Å². The van der Waals surface area contributed by atoms with Crippen LogP contribution in [0.25, 0.3) is 0 Å². The Morgan fingerprint density at radius 3 is 2.67 bits per heavy atom. The summed E-state index contributed by atoms with van der Waals surface area (Å²) in [6, 6.07) is 7.83. The zero-order valence-electron chi connectivity index (χ0n) is 10.5. The van der Waals surface area contributed by atoms with Gasteiger partial charge in [-0.2, -0.15) is 5.26 Å². The summed E-state index contributed by atoms with van der Waals surface area (Å²) in [4.78, 5) is 35.2. The lowest BCUT2D eigenvalue weighted by Crippen LogP contribution is -2.15. The molecule has 1 heterocycles. The van der Waals surface area contributed by atoms with Crippen LogP contribution in [0.4, 0.5) is 11.4 Å². The van der Waals surface area contributed by atoms with Gasteiger partial charge < -0.3 is 10.3 Å². The molecular formula is C13H8N4O4. The van der Waals surface area contributed by atoms with E-state index in [2.05, 4.69) is 10.3 Å². The molecule has 21 heavy (non-hydrogen) atoms. The van der Waals surface area contributed by atoms with Crippen LogP contribution < -0.4 is 10.9 Å². The first-order chi connectivity index (χ1) is 10.0. The molecule has 0 radical (unpaired) electrons. The van der Waals surface area contributed by atoms with Gasteiger partial charge in [-0.1, -0.05) is 0 Å². The highest BCUT2D eigenvalue weighted by Crippen LogP contribution is 2.21. The third-order valence-corrected chi connectivity index (χ3v) is 2.63. The highest BCUT2D eigenvalue weighted by atomic mass is 16.6. The molecule has 2 aromatic rings. The summed E-state index contributed by atoms with van der Waals surface area (Å²) in [6.45, 7) is 0. The Hall–Kier alpha value is -3.47.